The number of methoxy groups -OCH3 is 1. The third-order valence-corrected chi connectivity index (χ3v) is 5.01. The van der Waals surface area contributed by atoms with E-state index in [9.17, 15) is 18.0 Å². The number of anilines is 3. The van der Waals surface area contributed by atoms with Crippen molar-refractivity contribution in [2.24, 2.45) is 0 Å². The summed E-state index contributed by atoms with van der Waals surface area (Å²) in [6, 6.07) is 10.9. The highest BCUT2D eigenvalue weighted by atomic mass is 35.5. The van der Waals surface area contributed by atoms with Crippen LogP contribution >= 0.6 is 11.6 Å². The van der Waals surface area contributed by atoms with Gasteiger partial charge in [-0.15, -0.1) is 0 Å². The predicted molar refractivity (Wildman–Crippen MR) is 110 cm³/mol. The van der Waals surface area contributed by atoms with Crippen LogP contribution in [0.15, 0.2) is 42.5 Å². The minimum absolute atomic E-state index is 0.220. The van der Waals surface area contributed by atoms with Crippen molar-refractivity contribution in [2.45, 2.75) is 6.92 Å². The Hall–Kier alpha value is -2.78. The standard InChI is InChI=1S/C18H20ClN3O5S/c1-12(23)20-13-5-4-6-14(9-13)21-18(24)11-22(28(3,25)26)15-7-8-17(27-2)16(19)10-15/h4-10H,11H2,1-3H3,(H,20,23)(H,21,24). The molecule has 2 aromatic carbocycles. The molecule has 0 fully saturated rings. The molecular formula is C18H20ClN3O5S. The number of carbonyl (C=O) groups is 2. The van der Waals surface area contributed by atoms with Crippen molar-refractivity contribution in [1.82, 2.24) is 0 Å². The number of ether oxygens (including phenoxy) is 1. The smallest absolute Gasteiger partial charge is 0.245 e. The first kappa shape index (κ1) is 21.5. The molecule has 0 aliphatic heterocycles. The van der Waals surface area contributed by atoms with Gasteiger partial charge in [0.2, 0.25) is 21.8 Å². The lowest BCUT2D eigenvalue weighted by molar-refractivity contribution is -0.115. The fraction of sp³-hybridized carbons (Fsp3) is 0.222. The number of nitrogens with zero attached hydrogens (tertiary/aromatic N) is 1. The van der Waals surface area contributed by atoms with Crippen LogP contribution in [0.5, 0.6) is 5.75 Å². The van der Waals surface area contributed by atoms with E-state index >= 15 is 0 Å². The van der Waals surface area contributed by atoms with Gasteiger partial charge in [0.15, 0.2) is 0 Å². The zero-order valence-electron chi connectivity index (χ0n) is 15.5. The molecule has 28 heavy (non-hydrogen) atoms. The third-order valence-electron chi connectivity index (χ3n) is 3.58. The quantitative estimate of drug-likeness (QED) is 0.709. The minimum atomic E-state index is -3.75. The first-order valence-corrected chi connectivity index (χ1v) is 10.3. The predicted octanol–water partition coefficient (Wildman–Crippen LogP) is 2.71. The number of sulfonamides is 1. The highest BCUT2D eigenvalue weighted by molar-refractivity contribution is 7.92. The summed E-state index contributed by atoms with van der Waals surface area (Å²) in [4.78, 5) is 23.6. The molecular weight excluding hydrogens is 406 g/mol. The molecule has 0 aliphatic carbocycles. The fourth-order valence-corrected chi connectivity index (χ4v) is 3.52. The highest BCUT2D eigenvalue weighted by Crippen LogP contribution is 2.30. The number of rotatable bonds is 7. The first-order chi connectivity index (χ1) is 13.1. The van der Waals surface area contributed by atoms with E-state index in [1.165, 1.54) is 32.2 Å². The van der Waals surface area contributed by atoms with Gasteiger partial charge in [0.1, 0.15) is 12.3 Å². The lowest BCUT2D eigenvalue weighted by Gasteiger charge is -2.22. The van der Waals surface area contributed by atoms with Gasteiger partial charge in [0.25, 0.3) is 0 Å². The average molecular weight is 426 g/mol. The SMILES string of the molecule is COc1ccc(N(CC(=O)Nc2cccc(NC(C)=O)c2)S(C)(=O)=O)cc1Cl. The van der Waals surface area contributed by atoms with E-state index in [-0.39, 0.29) is 16.6 Å². The van der Waals surface area contributed by atoms with Gasteiger partial charge < -0.3 is 15.4 Å². The number of carbonyl (C=O) groups excluding carboxylic acids is 2. The van der Waals surface area contributed by atoms with Gasteiger partial charge in [0.05, 0.1) is 24.1 Å². The van der Waals surface area contributed by atoms with E-state index in [1.807, 2.05) is 0 Å². The molecule has 2 aromatic rings. The second-order valence-corrected chi connectivity index (χ2v) is 8.21. The molecule has 150 valence electrons. The maximum absolute atomic E-state index is 12.4. The molecule has 0 saturated carbocycles. The summed E-state index contributed by atoms with van der Waals surface area (Å²) in [5.41, 5.74) is 1.15. The Morgan fingerprint density at radius 2 is 1.75 bits per heavy atom. The van der Waals surface area contributed by atoms with Crippen LogP contribution < -0.4 is 19.7 Å². The Kier molecular flexibility index (Phi) is 6.87. The maximum atomic E-state index is 12.4. The van der Waals surface area contributed by atoms with Crippen LogP contribution in [0.4, 0.5) is 17.1 Å². The molecule has 8 nitrogen and oxygen atoms in total. The molecule has 0 unspecified atom stereocenters. The van der Waals surface area contributed by atoms with Gasteiger partial charge in [-0.3, -0.25) is 13.9 Å². The van der Waals surface area contributed by atoms with Crippen molar-refractivity contribution in [3.63, 3.8) is 0 Å². The third kappa shape index (κ3) is 5.86. The largest absolute Gasteiger partial charge is 0.495 e. The Morgan fingerprint density at radius 3 is 2.29 bits per heavy atom. The average Bonchev–Trinajstić information content (AvgIpc) is 2.58. The lowest BCUT2D eigenvalue weighted by Crippen LogP contribution is -2.37. The van der Waals surface area contributed by atoms with Crippen LogP contribution in [0.3, 0.4) is 0 Å². The van der Waals surface area contributed by atoms with Crippen molar-refractivity contribution >= 4 is 50.5 Å². The second-order valence-electron chi connectivity index (χ2n) is 5.90. The molecule has 0 saturated heterocycles. The lowest BCUT2D eigenvalue weighted by atomic mass is 10.2. The number of hydrogen-bond donors (Lipinski definition) is 2. The van der Waals surface area contributed by atoms with Gasteiger partial charge in [-0.1, -0.05) is 17.7 Å². The number of benzene rings is 2. The zero-order chi connectivity index (χ0) is 20.9. The maximum Gasteiger partial charge on any atom is 0.245 e. The Balaban J connectivity index is 2.20. The Labute approximate surface area is 168 Å². The molecule has 0 heterocycles. The van der Waals surface area contributed by atoms with Crippen LogP contribution in [0, 0.1) is 0 Å². The van der Waals surface area contributed by atoms with Gasteiger partial charge in [-0.2, -0.15) is 0 Å². The van der Waals surface area contributed by atoms with Crippen LogP contribution in [0.1, 0.15) is 6.92 Å². The molecule has 0 radical (unpaired) electrons. The topological polar surface area (TPSA) is 105 Å². The molecule has 2 rings (SSSR count). The van der Waals surface area contributed by atoms with Crippen LogP contribution in [0.2, 0.25) is 5.02 Å². The van der Waals surface area contributed by atoms with Crippen LogP contribution in [-0.2, 0) is 19.6 Å². The monoisotopic (exact) mass is 425 g/mol. The number of halogens is 1. The van der Waals surface area contributed by atoms with E-state index in [0.29, 0.717) is 17.1 Å². The van der Waals surface area contributed by atoms with Gasteiger partial charge >= 0.3 is 0 Å². The van der Waals surface area contributed by atoms with Crippen molar-refractivity contribution in [3.8, 4) is 5.75 Å². The molecule has 0 spiro atoms. The van der Waals surface area contributed by atoms with E-state index < -0.39 is 22.5 Å². The number of hydrogen-bond acceptors (Lipinski definition) is 5. The van der Waals surface area contributed by atoms with Crippen molar-refractivity contribution in [3.05, 3.63) is 47.5 Å². The summed E-state index contributed by atoms with van der Waals surface area (Å²) in [7, 11) is -2.31. The molecule has 0 bridgehead atoms. The Morgan fingerprint density at radius 1 is 1.11 bits per heavy atom. The summed E-state index contributed by atoms with van der Waals surface area (Å²) >= 11 is 6.07. The van der Waals surface area contributed by atoms with Gasteiger partial charge in [-0.25, -0.2) is 8.42 Å². The van der Waals surface area contributed by atoms with E-state index in [1.54, 1.807) is 24.3 Å². The summed E-state index contributed by atoms with van der Waals surface area (Å²) in [6.45, 7) is 0.918. The molecule has 10 heteroatoms. The second kappa shape index (κ2) is 8.94. The van der Waals surface area contributed by atoms with Crippen LogP contribution in [-0.4, -0.2) is 40.1 Å². The molecule has 0 aliphatic rings. The zero-order valence-corrected chi connectivity index (χ0v) is 17.1. The molecule has 0 atom stereocenters. The van der Waals surface area contributed by atoms with Crippen molar-refractivity contribution in [1.29, 1.82) is 0 Å². The van der Waals surface area contributed by atoms with Crippen molar-refractivity contribution < 1.29 is 22.7 Å². The first-order valence-electron chi connectivity index (χ1n) is 8.09. The summed E-state index contributed by atoms with van der Waals surface area (Å²) in [6.07, 6.45) is 0.996. The van der Waals surface area contributed by atoms with Gasteiger partial charge in [-0.05, 0) is 36.4 Å². The van der Waals surface area contributed by atoms with Crippen molar-refractivity contribution in [2.75, 3.05) is 34.8 Å². The normalized spacial score (nSPS) is 10.9. The minimum Gasteiger partial charge on any atom is -0.495 e. The number of nitrogens with one attached hydrogen (secondary N) is 2. The number of amides is 2. The fourth-order valence-electron chi connectivity index (χ4n) is 2.42. The van der Waals surface area contributed by atoms with E-state index in [4.69, 9.17) is 16.3 Å². The van der Waals surface area contributed by atoms with E-state index in [0.717, 1.165) is 10.6 Å². The van der Waals surface area contributed by atoms with E-state index in [2.05, 4.69) is 10.6 Å². The highest BCUT2D eigenvalue weighted by Gasteiger charge is 2.22. The molecule has 2 amide bonds. The molecule has 2 N–H and O–H groups in total. The summed E-state index contributed by atoms with van der Waals surface area (Å²) < 4.78 is 30.4. The Bertz CT molecular complexity index is 994. The molecule has 0 aromatic heterocycles. The van der Waals surface area contributed by atoms with Crippen LogP contribution in [0.25, 0.3) is 0 Å². The van der Waals surface area contributed by atoms with Gasteiger partial charge in [0, 0.05) is 18.3 Å². The summed E-state index contributed by atoms with van der Waals surface area (Å²) in [5, 5.41) is 5.43. The summed E-state index contributed by atoms with van der Waals surface area (Å²) in [5.74, 6) is -0.418.